The van der Waals surface area contributed by atoms with E-state index in [-0.39, 0.29) is 17.6 Å². The van der Waals surface area contributed by atoms with E-state index in [0.29, 0.717) is 32.0 Å². The number of carbonyl (C=O) groups is 1. The molecule has 0 fully saturated rings. The smallest absolute Gasteiger partial charge is 0.271 e. The Kier molecular flexibility index (Phi) is 9.00. The number of fused-ring (bicyclic) bond motifs is 1. The third kappa shape index (κ3) is 6.28. The van der Waals surface area contributed by atoms with Crippen LogP contribution in [-0.4, -0.2) is 23.7 Å². The van der Waals surface area contributed by atoms with Crippen molar-refractivity contribution in [1.29, 1.82) is 0 Å². The fraction of sp³-hybridized carbons (Fsp3) is 0.194. The number of hydrogen-bond donors (Lipinski definition) is 1. The number of nitrogens with zero attached hydrogens (tertiary/aromatic N) is 2. The van der Waals surface area contributed by atoms with Crippen LogP contribution in [0, 0.1) is 7.14 Å². The third-order valence-corrected chi connectivity index (χ3v) is 8.96. The molecule has 10 heteroatoms. The van der Waals surface area contributed by atoms with E-state index >= 15 is 0 Å². The summed E-state index contributed by atoms with van der Waals surface area (Å²) < 4.78 is 15.5. The molecule has 210 valence electrons. The Bertz CT molecular complexity index is 1820. The van der Waals surface area contributed by atoms with Gasteiger partial charge >= 0.3 is 0 Å². The Hall–Kier alpha value is -2.97. The summed E-state index contributed by atoms with van der Waals surface area (Å²) >= 11 is 5.83. The van der Waals surface area contributed by atoms with E-state index in [1.807, 2.05) is 93.6 Å². The molecule has 1 amide bonds. The van der Waals surface area contributed by atoms with E-state index in [9.17, 15) is 9.59 Å². The van der Waals surface area contributed by atoms with Gasteiger partial charge in [0.25, 0.3) is 11.5 Å². The Labute approximate surface area is 268 Å². The summed E-state index contributed by atoms with van der Waals surface area (Å²) in [6.07, 6.45) is 1.93. The normalized spacial score (nSPS) is 15.0. The number of benzene rings is 3. The minimum absolute atomic E-state index is 0.0553. The SMILES string of the molecule is COc1cccc([C@H]2C(C(=O)Nc3ccccc3)=C(C)N=c3s/c(=C\c4cc(I)c(OC(C)C)c(I)c4)c(=O)n32)c1. The van der Waals surface area contributed by atoms with Crippen molar-refractivity contribution in [1.82, 2.24) is 4.57 Å². The lowest BCUT2D eigenvalue weighted by molar-refractivity contribution is -0.113. The largest absolute Gasteiger partial charge is 0.497 e. The van der Waals surface area contributed by atoms with Gasteiger partial charge in [-0.05, 0) is 120 Å². The molecule has 2 heterocycles. The second-order valence-electron chi connectivity index (χ2n) is 9.66. The quantitative estimate of drug-likeness (QED) is 0.238. The van der Waals surface area contributed by atoms with Crippen LogP contribution >= 0.6 is 56.5 Å². The molecule has 5 rings (SSSR count). The first-order valence-corrected chi connectivity index (χ1v) is 15.8. The van der Waals surface area contributed by atoms with E-state index in [4.69, 9.17) is 14.5 Å². The summed E-state index contributed by atoms with van der Waals surface area (Å²) in [6, 6.07) is 20.0. The molecule has 41 heavy (non-hydrogen) atoms. The van der Waals surface area contributed by atoms with Gasteiger partial charge in [0.15, 0.2) is 4.80 Å². The number of ether oxygens (including phenoxy) is 2. The van der Waals surface area contributed by atoms with Crippen molar-refractivity contribution in [2.45, 2.75) is 32.9 Å². The maximum absolute atomic E-state index is 14.0. The molecular weight excluding hydrogens is 764 g/mol. The van der Waals surface area contributed by atoms with Gasteiger partial charge in [-0.2, -0.15) is 0 Å². The lowest BCUT2D eigenvalue weighted by atomic mass is 9.95. The van der Waals surface area contributed by atoms with Crippen LogP contribution in [0.1, 0.15) is 37.9 Å². The van der Waals surface area contributed by atoms with Gasteiger partial charge in [0.1, 0.15) is 11.5 Å². The van der Waals surface area contributed by atoms with Gasteiger partial charge in [-0.15, -0.1) is 0 Å². The third-order valence-electron chi connectivity index (χ3n) is 6.38. The maximum atomic E-state index is 14.0. The zero-order chi connectivity index (χ0) is 29.3. The van der Waals surface area contributed by atoms with Gasteiger partial charge in [-0.1, -0.05) is 41.7 Å². The van der Waals surface area contributed by atoms with Crippen molar-refractivity contribution in [2.24, 2.45) is 4.99 Å². The van der Waals surface area contributed by atoms with E-state index in [0.717, 1.165) is 24.0 Å². The highest BCUT2D eigenvalue weighted by atomic mass is 127. The van der Waals surface area contributed by atoms with E-state index in [1.165, 1.54) is 11.3 Å². The standard InChI is InChI=1S/C31H27I2N3O4S/c1-17(2)40-28-23(32)13-19(14-24(28)33)15-25-30(38)36-27(20-9-8-12-22(16-20)39-4)26(18(3)34-31(36)41-25)29(37)35-21-10-6-5-7-11-21/h5-17,27H,1-4H3,(H,35,37)/b25-15-/t27-/m0/s1. The molecule has 3 aromatic carbocycles. The van der Waals surface area contributed by atoms with Crippen molar-refractivity contribution in [3.05, 3.63) is 116 Å². The van der Waals surface area contributed by atoms with Gasteiger partial charge in [0.2, 0.25) is 0 Å². The first-order chi connectivity index (χ1) is 19.7. The van der Waals surface area contributed by atoms with Crippen molar-refractivity contribution in [3.63, 3.8) is 0 Å². The number of allylic oxidation sites excluding steroid dienone is 1. The van der Waals surface area contributed by atoms with Crippen LogP contribution in [0.25, 0.3) is 6.08 Å². The molecular formula is C31H27I2N3O4S. The maximum Gasteiger partial charge on any atom is 0.271 e. The Morgan fingerprint density at radius 1 is 1.07 bits per heavy atom. The molecule has 0 saturated heterocycles. The van der Waals surface area contributed by atoms with Gasteiger partial charge in [0.05, 0.1) is 42.2 Å². The highest BCUT2D eigenvalue weighted by molar-refractivity contribution is 14.1. The lowest BCUT2D eigenvalue weighted by Gasteiger charge is -2.25. The number of carbonyl (C=O) groups excluding carboxylic acids is 1. The first kappa shape index (κ1) is 29.5. The topological polar surface area (TPSA) is 81.9 Å². The van der Waals surface area contributed by atoms with Crippen molar-refractivity contribution in [2.75, 3.05) is 12.4 Å². The Morgan fingerprint density at radius 2 is 1.78 bits per heavy atom. The minimum atomic E-state index is -0.686. The minimum Gasteiger partial charge on any atom is -0.497 e. The second-order valence-corrected chi connectivity index (χ2v) is 13.0. The zero-order valence-corrected chi connectivity index (χ0v) is 27.9. The fourth-order valence-electron chi connectivity index (χ4n) is 4.62. The predicted octanol–water partition coefficient (Wildman–Crippen LogP) is 5.88. The van der Waals surface area contributed by atoms with Gasteiger partial charge in [-0.3, -0.25) is 14.2 Å². The van der Waals surface area contributed by atoms with E-state index in [2.05, 4.69) is 50.5 Å². The number of thiazole rings is 1. The molecule has 0 unspecified atom stereocenters. The van der Waals surface area contributed by atoms with Crippen LogP contribution in [0.2, 0.25) is 0 Å². The molecule has 1 aliphatic rings. The van der Waals surface area contributed by atoms with Gasteiger partial charge in [0, 0.05) is 5.69 Å². The number of aromatic nitrogens is 1. The molecule has 1 aliphatic heterocycles. The number of para-hydroxylation sites is 1. The monoisotopic (exact) mass is 791 g/mol. The number of nitrogens with one attached hydrogen (secondary N) is 1. The molecule has 0 bridgehead atoms. The van der Waals surface area contributed by atoms with Crippen LogP contribution in [0.15, 0.2) is 87.8 Å². The summed E-state index contributed by atoms with van der Waals surface area (Å²) in [6.45, 7) is 5.80. The Morgan fingerprint density at radius 3 is 2.44 bits per heavy atom. The average molecular weight is 791 g/mol. The predicted molar refractivity (Wildman–Crippen MR) is 179 cm³/mol. The van der Waals surface area contributed by atoms with Gasteiger partial charge in [-0.25, -0.2) is 4.99 Å². The number of amides is 1. The summed E-state index contributed by atoms with van der Waals surface area (Å²) in [5.41, 5.74) is 3.04. The number of rotatable bonds is 7. The van der Waals surface area contributed by atoms with Crippen molar-refractivity contribution < 1.29 is 14.3 Å². The molecule has 1 N–H and O–H groups in total. The van der Waals surface area contributed by atoms with Crippen LogP contribution in [0.3, 0.4) is 0 Å². The highest BCUT2D eigenvalue weighted by Crippen LogP contribution is 2.33. The average Bonchev–Trinajstić information content (AvgIpc) is 3.24. The van der Waals surface area contributed by atoms with E-state index < -0.39 is 6.04 Å². The van der Waals surface area contributed by atoms with Crippen LogP contribution in [0.5, 0.6) is 11.5 Å². The Balaban J connectivity index is 1.66. The number of methoxy groups -OCH3 is 1. The number of anilines is 1. The molecule has 7 nitrogen and oxygen atoms in total. The summed E-state index contributed by atoms with van der Waals surface area (Å²) in [4.78, 5) is 33.0. The molecule has 0 aliphatic carbocycles. The molecule has 0 spiro atoms. The highest BCUT2D eigenvalue weighted by Gasteiger charge is 2.32. The van der Waals surface area contributed by atoms with Crippen molar-refractivity contribution in [3.8, 4) is 11.5 Å². The summed E-state index contributed by atoms with van der Waals surface area (Å²) in [5, 5.41) is 2.98. The number of hydrogen-bond acceptors (Lipinski definition) is 6. The number of halogens is 2. The van der Waals surface area contributed by atoms with Crippen LogP contribution in [0.4, 0.5) is 5.69 Å². The first-order valence-electron chi connectivity index (χ1n) is 12.8. The zero-order valence-electron chi connectivity index (χ0n) is 22.8. The second kappa shape index (κ2) is 12.5. The molecule has 0 radical (unpaired) electrons. The van der Waals surface area contributed by atoms with Crippen LogP contribution in [-0.2, 0) is 4.79 Å². The summed E-state index contributed by atoms with van der Waals surface area (Å²) in [5.74, 6) is 1.15. The van der Waals surface area contributed by atoms with Gasteiger partial charge < -0.3 is 14.8 Å². The fourth-order valence-corrected chi connectivity index (χ4v) is 7.74. The van der Waals surface area contributed by atoms with Crippen LogP contribution < -0.4 is 29.7 Å². The molecule has 0 saturated carbocycles. The molecule has 4 aromatic rings. The molecule has 1 atom stereocenters. The summed E-state index contributed by atoms with van der Waals surface area (Å²) in [7, 11) is 1.59. The molecule has 1 aromatic heterocycles. The lowest BCUT2D eigenvalue weighted by Crippen LogP contribution is -2.40. The van der Waals surface area contributed by atoms with Crippen molar-refractivity contribution >= 4 is 74.2 Å². The van der Waals surface area contributed by atoms with E-state index in [1.54, 1.807) is 11.7 Å².